The maximum absolute atomic E-state index is 12.9. The fourth-order valence-electron chi connectivity index (χ4n) is 2.59. The first-order valence-corrected chi connectivity index (χ1v) is 8.70. The molecule has 0 bridgehead atoms. The number of hydrogen-bond donors (Lipinski definition) is 2. The molecule has 9 heteroatoms. The Hall–Kier alpha value is -3.10. The lowest BCUT2D eigenvalue weighted by Gasteiger charge is -2.23. The summed E-state index contributed by atoms with van der Waals surface area (Å²) in [5.41, 5.74) is 4.60. The standard InChI is InChI=1S/C18H23FN4O4/c1-3-5-10-23-16(20)15(17(25)21-18(23)26)22(4-2)14(24)11-27-13-8-6-12(19)7-9-13/h6-9H,3-5,10-11,20H2,1-2H3,(H,21,25,26). The van der Waals surface area contributed by atoms with Crippen LogP contribution in [0.2, 0.25) is 0 Å². The predicted octanol–water partition coefficient (Wildman–Crippen LogP) is 1.49. The molecule has 3 N–H and O–H groups in total. The van der Waals surface area contributed by atoms with Crippen molar-refractivity contribution in [1.29, 1.82) is 0 Å². The minimum atomic E-state index is -0.734. The third kappa shape index (κ3) is 4.75. The summed E-state index contributed by atoms with van der Waals surface area (Å²) in [5, 5.41) is 0. The Labute approximate surface area is 155 Å². The van der Waals surface area contributed by atoms with Crippen LogP contribution in [0.5, 0.6) is 5.75 Å². The Morgan fingerprint density at radius 1 is 1.26 bits per heavy atom. The monoisotopic (exact) mass is 378 g/mol. The maximum Gasteiger partial charge on any atom is 0.330 e. The number of carbonyl (C=O) groups is 1. The number of amides is 1. The number of hydrogen-bond acceptors (Lipinski definition) is 5. The lowest BCUT2D eigenvalue weighted by molar-refractivity contribution is -0.120. The number of carbonyl (C=O) groups excluding carboxylic acids is 1. The van der Waals surface area contributed by atoms with Gasteiger partial charge in [-0.1, -0.05) is 13.3 Å². The second-order valence-electron chi connectivity index (χ2n) is 5.88. The van der Waals surface area contributed by atoms with Crippen LogP contribution in [0.15, 0.2) is 33.9 Å². The number of aromatic amines is 1. The molecule has 1 amide bonds. The lowest BCUT2D eigenvalue weighted by Crippen LogP contribution is -2.42. The highest BCUT2D eigenvalue weighted by Gasteiger charge is 2.23. The van der Waals surface area contributed by atoms with Crippen molar-refractivity contribution >= 4 is 17.4 Å². The van der Waals surface area contributed by atoms with Crippen LogP contribution in [-0.4, -0.2) is 28.6 Å². The molecular weight excluding hydrogens is 355 g/mol. The molecule has 0 fully saturated rings. The van der Waals surface area contributed by atoms with E-state index in [1.807, 2.05) is 6.92 Å². The zero-order valence-corrected chi connectivity index (χ0v) is 15.3. The normalized spacial score (nSPS) is 10.6. The highest BCUT2D eigenvalue weighted by Crippen LogP contribution is 2.18. The van der Waals surface area contributed by atoms with Crippen molar-refractivity contribution in [2.45, 2.75) is 33.2 Å². The molecule has 1 aromatic carbocycles. The van der Waals surface area contributed by atoms with Crippen LogP contribution in [-0.2, 0) is 11.3 Å². The number of aromatic nitrogens is 2. The van der Waals surface area contributed by atoms with Crippen LogP contribution < -0.4 is 26.6 Å². The Morgan fingerprint density at radius 3 is 2.52 bits per heavy atom. The molecule has 0 spiro atoms. The number of nitrogens with two attached hydrogens (primary N) is 1. The molecule has 0 saturated heterocycles. The smallest absolute Gasteiger partial charge is 0.330 e. The summed E-state index contributed by atoms with van der Waals surface area (Å²) >= 11 is 0. The fraction of sp³-hybridized carbons (Fsp3) is 0.389. The van der Waals surface area contributed by atoms with Crippen LogP contribution in [0.25, 0.3) is 0 Å². The minimum Gasteiger partial charge on any atom is -0.484 e. The molecule has 1 heterocycles. The first-order chi connectivity index (χ1) is 12.9. The van der Waals surface area contributed by atoms with E-state index in [9.17, 15) is 18.8 Å². The molecule has 0 radical (unpaired) electrons. The van der Waals surface area contributed by atoms with Crippen molar-refractivity contribution in [1.82, 2.24) is 9.55 Å². The Balaban J connectivity index is 2.27. The fourth-order valence-corrected chi connectivity index (χ4v) is 2.59. The van der Waals surface area contributed by atoms with Gasteiger partial charge in [-0.15, -0.1) is 0 Å². The van der Waals surface area contributed by atoms with Crippen LogP contribution in [0.4, 0.5) is 15.9 Å². The van der Waals surface area contributed by atoms with Gasteiger partial charge in [0.25, 0.3) is 11.5 Å². The van der Waals surface area contributed by atoms with Crippen LogP contribution in [0.3, 0.4) is 0 Å². The van der Waals surface area contributed by atoms with Gasteiger partial charge >= 0.3 is 5.69 Å². The van der Waals surface area contributed by atoms with E-state index in [1.54, 1.807) is 6.92 Å². The second-order valence-corrected chi connectivity index (χ2v) is 5.88. The van der Waals surface area contributed by atoms with Gasteiger partial charge in [0.2, 0.25) is 0 Å². The number of ether oxygens (including phenoxy) is 1. The van der Waals surface area contributed by atoms with E-state index >= 15 is 0 Å². The first-order valence-electron chi connectivity index (χ1n) is 8.70. The number of H-pyrrole nitrogens is 1. The summed E-state index contributed by atoms with van der Waals surface area (Å²) in [6.07, 6.45) is 1.53. The summed E-state index contributed by atoms with van der Waals surface area (Å²) in [4.78, 5) is 40.2. The number of halogens is 1. The van der Waals surface area contributed by atoms with Crippen molar-refractivity contribution < 1.29 is 13.9 Å². The van der Waals surface area contributed by atoms with Gasteiger partial charge in [-0.2, -0.15) is 0 Å². The molecule has 0 aliphatic rings. The number of unbranched alkanes of at least 4 members (excludes halogenated alkanes) is 1. The summed E-state index contributed by atoms with van der Waals surface area (Å²) < 4.78 is 19.5. The number of nitrogens with one attached hydrogen (secondary N) is 1. The number of nitrogen functional groups attached to an aromatic ring is 1. The number of benzene rings is 1. The molecule has 2 aromatic rings. The van der Waals surface area contributed by atoms with E-state index in [0.29, 0.717) is 18.7 Å². The molecule has 0 aliphatic heterocycles. The predicted molar refractivity (Wildman–Crippen MR) is 101 cm³/mol. The molecular formula is C18H23FN4O4. The van der Waals surface area contributed by atoms with Crippen molar-refractivity contribution in [2.24, 2.45) is 0 Å². The zero-order chi connectivity index (χ0) is 20.0. The summed E-state index contributed by atoms with van der Waals surface area (Å²) in [6, 6.07) is 5.21. The first kappa shape index (κ1) is 20.2. The summed E-state index contributed by atoms with van der Waals surface area (Å²) in [6.45, 7) is 3.76. The molecule has 2 rings (SSSR count). The van der Waals surface area contributed by atoms with Gasteiger partial charge in [0, 0.05) is 13.1 Å². The molecule has 0 unspecified atom stereocenters. The number of anilines is 2. The molecule has 0 saturated carbocycles. The van der Waals surface area contributed by atoms with E-state index < -0.39 is 23.0 Å². The zero-order valence-electron chi connectivity index (χ0n) is 15.3. The second kappa shape index (κ2) is 9.02. The van der Waals surface area contributed by atoms with E-state index in [0.717, 1.165) is 6.42 Å². The Morgan fingerprint density at radius 2 is 1.93 bits per heavy atom. The largest absolute Gasteiger partial charge is 0.484 e. The molecule has 146 valence electrons. The number of likely N-dealkylation sites (N-methyl/N-ethyl adjacent to an activating group) is 1. The van der Waals surface area contributed by atoms with E-state index in [1.165, 1.54) is 33.7 Å². The number of nitrogens with zero attached hydrogens (tertiary/aromatic N) is 2. The third-order valence-electron chi connectivity index (χ3n) is 4.01. The average molecular weight is 378 g/mol. The SMILES string of the molecule is CCCCn1c(N)c(N(CC)C(=O)COc2ccc(F)cc2)c(=O)[nH]c1=O. The quantitative estimate of drug-likeness (QED) is 0.723. The van der Waals surface area contributed by atoms with Crippen molar-refractivity contribution in [2.75, 3.05) is 23.8 Å². The Kier molecular flexibility index (Phi) is 6.75. The van der Waals surface area contributed by atoms with E-state index in [2.05, 4.69) is 4.98 Å². The van der Waals surface area contributed by atoms with Crippen LogP contribution in [0.1, 0.15) is 26.7 Å². The molecule has 0 aliphatic carbocycles. The summed E-state index contributed by atoms with van der Waals surface area (Å²) in [7, 11) is 0. The van der Waals surface area contributed by atoms with Gasteiger partial charge in [0.15, 0.2) is 12.3 Å². The van der Waals surface area contributed by atoms with Gasteiger partial charge < -0.3 is 15.4 Å². The molecule has 27 heavy (non-hydrogen) atoms. The van der Waals surface area contributed by atoms with Gasteiger partial charge in [0.1, 0.15) is 17.4 Å². The summed E-state index contributed by atoms with van der Waals surface area (Å²) in [5.74, 6) is -0.679. The van der Waals surface area contributed by atoms with Crippen molar-refractivity contribution in [3.05, 3.63) is 50.9 Å². The van der Waals surface area contributed by atoms with Crippen molar-refractivity contribution in [3.8, 4) is 5.75 Å². The Bertz CT molecular complexity index is 905. The van der Waals surface area contributed by atoms with Gasteiger partial charge in [-0.05, 0) is 37.6 Å². The number of rotatable bonds is 8. The maximum atomic E-state index is 12.9. The molecule has 0 atom stereocenters. The van der Waals surface area contributed by atoms with Crippen LogP contribution in [0, 0.1) is 5.82 Å². The average Bonchev–Trinajstić information content (AvgIpc) is 2.64. The van der Waals surface area contributed by atoms with E-state index in [-0.39, 0.29) is 24.7 Å². The van der Waals surface area contributed by atoms with Gasteiger partial charge in [0.05, 0.1) is 0 Å². The van der Waals surface area contributed by atoms with Gasteiger partial charge in [-0.25, -0.2) is 9.18 Å². The van der Waals surface area contributed by atoms with Crippen molar-refractivity contribution in [3.63, 3.8) is 0 Å². The molecule has 1 aromatic heterocycles. The lowest BCUT2D eigenvalue weighted by atomic mass is 10.3. The van der Waals surface area contributed by atoms with Gasteiger partial charge in [-0.3, -0.25) is 19.1 Å². The third-order valence-corrected chi connectivity index (χ3v) is 4.01. The van der Waals surface area contributed by atoms with E-state index in [4.69, 9.17) is 10.5 Å². The van der Waals surface area contributed by atoms with Crippen LogP contribution >= 0.6 is 0 Å². The minimum absolute atomic E-state index is 0.0609. The highest BCUT2D eigenvalue weighted by atomic mass is 19.1. The topological polar surface area (TPSA) is 110 Å². The molecule has 8 nitrogen and oxygen atoms in total. The highest BCUT2D eigenvalue weighted by molar-refractivity contribution is 5.96.